The van der Waals surface area contributed by atoms with Gasteiger partial charge in [-0.25, -0.2) is 9.78 Å². The quantitative estimate of drug-likeness (QED) is 0.845. The molecule has 16 heavy (non-hydrogen) atoms. The molecular weight excluding hydrogens is 228 g/mol. The zero-order chi connectivity index (χ0) is 10.8. The van der Waals surface area contributed by atoms with Crippen molar-refractivity contribution in [1.82, 2.24) is 9.97 Å². The molecule has 1 aromatic heterocycles. The van der Waals surface area contributed by atoms with Gasteiger partial charge in [0.05, 0.1) is 0 Å². The Morgan fingerprint density at radius 2 is 1.94 bits per heavy atom. The second kappa shape index (κ2) is 4.81. The van der Waals surface area contributed by atoms with E-state index in [1.54, 1.807) is 6.92 Å². The van der Waals surface area contributed by atoms with Crippen LogP contribution in [0.15, 0.2) is 30.3 Å². The molecule has 0 aliphatic heterocycles. The van der Waals surface area contributed by atoms with Gasteiger partial charge in [0.2, 0.25) is 0 Å². The number of aryl methyl sites for hydroxylation is 1. The van der Waals surface area contributed by atoms with Crippen LogP contribution in [-0.4, -0.2) is 21.0 Å². The third-order valence-corrected chi connectivity index (χ3v) is 2.13. The lowest BCUT2D eigenvalue weighted by molar-refractivity contribution is 0.0690. The Morgan fingerprint density at radius 1 is 1.31 bits per heavy atom. The predicted molar refractivity (Wildman–Crippen MR) is 63.0 cm³/mol. The summed E-state index contributed by atoms with van der Waals surface area (Å²) in [5, 5.41) is 8.84. The Bertz CT molecular complexity index is 494. The van der Waals surface area contributed by atoms with E-state index in [9.17, 15) is 4.79 Å². The molecule has 1 aromatic carbocycles. The van der Waals surface area contributed by atoms with E-state index in [2.05, 4.69) is 9.97 Å². The monoisotopic (exact) mass is 238 g/mol. The summed E-state index contributed by atoms with van der Waals surface area (Å²) in [6.07, 6.45) is 0. The number of halogens is 1. The van der Waals surface area contributed by atoms with Crippen molar-refractivity contribution in [3.8, 4) is 11.4 Å². The minimum Gasteiger partial charge on any atom is -0.476 e. The van der Waals surface area contributed by atoms with Crippen LogP contribution in [0.5, 0.6) is 0 Å². The van der Waals surface area contributed by atoms with E-state index in [1.165, 1.54) is 0 Å². The molecule has 2 rings (SSSR count). The molecule has 1 heterocycles. The summed E-state index contributed by atoms with van der Waals surface area (Å²) < 4.78 is 0. The number of hydrogen-bond donors (Lipinski definition) is 2. The number of rotatable bonds is 2. The van der Waals surface area contributed by atoms with Gasteiger partial charge in [0.1, 0.15) is 5.82 Å². The van der Waals surface area contributed by atoms with Crippen LogP contribution < -0.4 is 0 Å². The summed E-state index contributed by atoms with van der Waals surface area (Å²) in [6, 6.07) is 9.42. The van der Waals surface area contributed by atoms with E-state index in [0.29, 0.717) is 11.5 Å². The molecule has 0 bridgehead atoms. The lowest BCUT2D eigenvalue weighted by atomic mass is 10.2. The van der Waals surface area contributed by atoms with Gasteiger partial charge < -0.3 is 10.1 Å². The second-order valence-corrected chi connectivity index (χ2v) is 3.23. The molecule has 0 saturated carbocycles. The molecule has 2 N–H and O–H groups in total. The number of carboxylic acids is 1. The van der Waals surface area contributed by atoms with Gasteiger partial charge in [0.15, 0.2) is 5.69 Å². The highest BCUT2D eigenvalue weighted by atomic mass is 35.5. The van der Waals surface area contributed by atoms with Crippen LogP contribution in [0.2, 0.25) is 0 Å². The van der Waals surface area contributed by atoms with Crippen LogP contribution in [-0.2, 0) is 0 Å². The highest BCUT2D eigenvalue weighted by Crippen LogP contribution is 2.17. The number of carboxylic acid groups (broad SMARTS) is 1. The standard InChI is InChI=1S/C11H10N2O2.ClH/c1-7-9(11(14)15)13-10(12-7)8-5-3-2-4-6-8;/h2-6H,1H3,(H,12,13)(H,14,15);1H. The number of hydrogen-bond acceptors (Lipinski definition) is 2. The first-order valence-electron chi connectivity index (χ1n) is 4.54. The van der Waals surface area contributed by atoms with Crippen molar-refractivity contribution in [3.05, 3.63) is 41.7 Å². The number of aromatic amines is 1. The SMILES string of the molecule is Cc1[nH]c(-c2ccccc2)nc1C(=O)O.Cl. The molecule has 0 atom stereocenters. The average Bonchev–Trinajstić information content (AvgIpc) is 2.62. The maximum atomic E-state index is 10.8. The van der Waals surface area contributed by atoms with E-state index in [4.69, 9.17) is 5.11 Å². The Morgan fingerprint density at radius 3 is 2.44 bits per heavy atom. The molecule has 4 nitrogen and oxygen atoms in total. The summed E-state index contributed by atoms with van der Waals surface area (Å²) in [5.41, 5.74) is 1.53. The number of carbonyl (C=O) groups is 1. The van der Waals surface area contributed by atoms with E-state index >= 15 is 0 Å². The minimum absolute atomic E-state index is 0. The third-order valence-electron chi connectivity index (χ3n) is 2.13. The van der Waals surface area contributed by atoms with Crippen molar-refractivity contribution in [2.45, 2.75) is 6.92 Å². The Balaban J connectivity index is 0.00000128. The van der Waals surface area contributed by atoms with Gasteiger partial charge in [-0.2, -0.15) is 0 Å². The Labute approximate surface area is 98.8 Å². The van der Waals surface area contributed by atoms with E-state index in [1.807, 2.05) is 30.3 Å². The fourth-order valence-corrected chi connectivity index (χ4v) is 1.40. The summed E-state index contributed by atoms with van der Waals surface area (Å²) >= 11 is 0. The smallest absolute Gasteiger partial charge is 0.356 e. The normalized spacial score (nSPS) is 9.56. The maximum absolute atomic E-state index is 10.8. The van der Waals surface area contributed by atoms with Crippen LogP contribution in [0.25, 0.3) is 11.4 Å². The lowest BCUT2D eigenvalue weighted by Gasteiger charge is -1.93. The number of aromatic nitrogens is 2. The van der Waals surface area contributed by atoms with Crippen molar-refractivity contribution in [2.75, 3.05) is 0 Å². The van der Waals surface area contributed by atoms with Gasteiger partial charge in [-0.15, -0.1) is 12.4 Å². The number of benzene rings is 1. The minimum atomic E-state index is -1.01. The van der Waals surface area contributed by atoms with Crippen molar-refractivity contribution in [2.24, 2.45) is 0 Å². The Kier molecular flexibility index (Phi) is 3.68. The van der Waals surface area contributed by atoms with Crippen molar-refractivity contribution < 1.29 is 9.90 Å². The first-order chi connectivity index (χ1) is 7.18. The second-order valence-electron chi connectivity index (χ2n) is 3.23. The van der Waals surface area contributed by atoms with Crippen LogP contribution in [0, 0.1) is 6.92 Å². The molecule has 5 heteroatoms. The summed E-state index contributed by atoms with van der Waals surface area (Å²) in [5.74, 6) is -0.420. The van der Waals surface area contributed by atoms with Crippen molar-refractivity contribution in [3.63, 3.8) is 0 Å². The van der Waals surface area contributed by atoms with Crippen LogP contribution >= 0.6 is 12.4 Å². The van der Waals surface area contributed by atoms with Crippen molar-refractivity contribution >= 4 is 18.4 Å². The fourth-order valence-electron chi connectivity index (χ4n) is 1.40. The molecule has 0 saturated heterocycles. The van der Waals surface area contributed by atoms with E-state index in [0.717, 1.165) is 5.56 Å². The fraction of sp³-hybridized carbons (Fsp3) is 0.0909. The topological polar surface area (TPSA) is 66.0 Å². The highest BCUT2D eigenvalue weighted by molar-refractivity contribution is 5.87. The van der Waals surface area contributed by atoms with E-state index in [-0.39, 0.29) is 18.1 Å². The predicted octanol–water partition coefficient (Wildman–Crippen LogP) is 2.51. The van der Waals surface area contributed by atoms with Crippen molar-refractivity contribution in [1.29, 1.82) is 0 Å². The molecule has 0 unspecified atom stereocenters. The van der Waals surface area contributed by atoms with Crippen LogP contribution in [0.1, 0.15) is 16.2 Å². The molecule has 0 aliphatic carbocycles. The van der Waals surface area contributed by atoms with Gasteiger partial charge in [-0.1, -0.05) is 30.3 Å². The number of nitrogens with zero attached hydrogens (tertiary/aromatic N) is 1. The molecule has 84 valence electrons. The molecule has 0 aliphatic rings. The number of H-pyrrole nitrogens is 1. The summed E-state index contributed by atoms with van der Waals surface area (Å²) in [7, 11) is 0. The molecule has 0 radical (unpaired) electrons. The number of nitrogens with one attached hydrogen (secondary N) is 1. The van der Waals surface area contributed by atoms with E-state index < -0.39 is 5.97 Å². The van der Waals surface area contributed by atoms with Gasteiger partial charge >= 0.3 is 5.97 Å². The molecular formula is C11H11ClN2O2. The van der Waals surface area contributed by atoms with Gasteiger partial charge in [0, 0.05) is 11.3 Å². The third kappa shape index (κ3) is 2.23. The summed E-state index contributed by atoms with van der Waals surface area (Å²) in [6.45, 7) is 1.70. The summed E-state index contributed by atoms with van der Waals surface area (Å²) in [4.78, 5) is 17.8. The molecule has 0 fully saturated rings. The number of imidazole rings is 1. The number of aromatic carboxylic acids is 1. The van der Waals surface area contributed by atoms with Crippen LogP contribution in [0.4, 0.5) is 0 Å². The lowest BCUT2D eigenvalue weighted by Crippen LogP contribution is -1.98. The molecule has 2 aromatic rings. The molecule has 0 amide bonds. The average molecular weight is 239 g/mol. The molecule has 0 spiro atoms. The zero-order valence-electron chi connectivity index (χ0n) is 8.60. The first-order valence-corrected chi connectivity index (χ1v) is 4.54. The van der Waals surface area contributed by atoms with Gasteiger partial charge in [-0.3, -0.25) is 0 Å². The first kappa shape index (κ1) is 12.3. The highest BCUT2D eigenvalue weighted by Gasteiger charge is 2.13. The maximum Gasteiger partial charge on any atom is 0.356 e. The van der Waals surface area contributed by atoms with Gasteiger partial charge in [-0.05, 0) is 6.92 Å². The Hall–Kier alpha value is -1.81. The zero-order valence-corrected chi connectivity index (χ0v) is 9.41. The van der Waals surface area contributed by atoms with Crippen LogP contribution in [0.3, 0.4) is 0 Å². The largest absolute Gasteiger partial charge is 0.476 e. The van der Waals surface area contributed by atoms with Gasteiger partial charge in [0.25, 0.3) is 0 Å².